The number of ketones is 1. The lowest BCUT2D eigenvalue weighted by Crippen LogP contribution is -2.30. The summed E-state index contributed by atoms with van der Waals surface area (Å²) < 4.78 is 0. The summed E-state index contributed by atoms with van der Waals surface area (Å²) in [5, 5.41) is 48.8. The first kappa shape index (κ1) is 20.8. The smallest absolute Gasteiger partial charge is 0.193 e. The molecule has 0 bridgehead atoms. The number of phenols is 2. The Balaban J connectivity index is 2.14. The highest BCUT2D eigenvalue weighted by Crippen LogP contribution is 2.37. The van der Waals surface area contributed by atoms with Gasteiger partial charge in [-0.25, -0.2) is 0 Å². The predicted molar refractivity (Wildman–Crippen MR) is 107 cm³/mol. The summed E-state index contributed by atoms with van der Waals surface area (Å²) in [7, 11) is 0. The fourth-order valence-corrected chi connectivity index (χ4v) is 3.96. The third kappa shape index (κ3) is 3.45. The number of aryl methyl sites for hydroxylation is 1. The van der Waals surface area contributed by atoms with Gasteiger partial charge in [-0.1, -0.05) is 6.92 Å². The SMILES string of the molecule is Cc1nc(C(C#N)(C#N)CC(=O)c2ccc(O)c(O)c2)c(C#N)c2c1CC[C@H](C)C2. The van der Waals surface area contributed by atoms with Gasteiger partial charge in [-0.3, -0.25) is 9.78 Å². The number of benzene rings is 1. The van der Waals surface area contributed by atoms with Gasteiger partial charge in [-0.15, -0.1) is 0 Å². The highest BCUT2D eigenvalue weighted by Gasteiger charge is 2.41. The zero-order valence-electron chi connectivity index (χ0n) is 16.7. The van der Waals surface area contributed by atoms with Gasteiger partial charge in [0.15, 0.2) is 22.7 Å². The molecule has 3 rings (SSSR count). The number of hydrogen-bond acceptors (Lipinski definition) is 7. The van der Waals surface area contributed by atoms with Gasteiger partial charge in [-0.2, -0.15) is 15.8 Å². The number of aromatic nitrogens is 1. The minimum atomic E-state index is -1.95. The Morgan fingerprint density at radius 1 is 1.20 bits per heavy atom. The Morgan fingerprint density at radius 3 is 2.50 bits per heavy atom. The van der Waals surface area contributed by atoms with Gasteiger partial charge in [0.2, 0.25) is 0 Å². The fourth-order valence-electron chi connectivity index (χ4n) is 3.96. The summed E-state index contributed by atoms with van der Waals surface area (Å²) in [4.78, 5) is 17.3. The first-order valence-corrected chi connectivity index (χ1v) is 9.57. The lowest BCUT2D eigenvalue weighted by Gasteiger charge is -2.27. The largest absolute Gasteiger partial charge is 0.504 e. The van der Waals surface area contributed by atoms with Crippen LogP contribution in [0.2, 0.25) is 0 Å². The first-order chi connectivity index (χ1) is 14.3. The molecule has 7 nitrogen and oxygen atoms in total. The maximum atomic E-state index is 12.8. The van der Waals surface area contributed by atoms with Crippen molar-refractivity contribution in [3.63, 3.8) is 0 Å². The molecule has 0 aliphatic heterocycles. The highest BCUT2D eigenvalue weighted by molar-refractivity contribution is 5.98. The molecule has 0 radical (unpaired) electrons. The minimum Gasteiger partial charge on any atom is -0.504 e. The number of Topliss-reactive ketones (excluding diaryl/α,β-unsaturated/α-hetero) is 1. The molecular weight excluding hydrogens is 380 g/mol. The van der Waals surface area contributed by atoms with Gasteiger partial charge in [0, 0.05) is 17.7 Å². The van der Waals surface area contributed by atoms with E-state index in [1.165, 1.54) is 6.07 Å². The molecule has 1 aliphatic carbocycles. The number of pyridine rings is 1. The van der Waals surface area contributed by atoms with Gasteiger partial charge in [0.25, 0.3) is 0 Å². The van der Waals surface area contributed by atoms with E-state index in [0.717, 1.165) is 36.1 Å². The summed E-state index contributed by atoms with van der Waals surface area (Å²) in [6.45, 7) is 3.88. The van der Waals surface area contributed by atoms with Crippen LogP contribution in [-0.2, 0) is 18.3 Å². The zero-order valence-corrected chi connectivity index (χ0v) is 16.7. The molecule has 0 amide bonds. The topological polar surface area (TPSA) is 142 Å². The Hall–Kier alpha value is -3.89. The van der Waals surface area contributed by atoms with E-state index in [4.69, 9.17) is 0 Å². The number of aromatic hydroxyl groups is 2. The Labute approximate surface area is 174 Å². The van der Waals surface area contributed by atoms with Gasteiger partial charge in [-0.05, 0) is 61.4 Å². The lowest BCUT2D eigenvalue weighted by atomic mass is 9.75. The van der Waals surface area contributed by atoms with Crippen molar-refractivity contribution in [1.29, 1.82) is 15.8 Å². The van der Waals surface area contributed by atoms with Crippen molar-refractivity contribution in [2.24, 2.45) is 5.92 Å². The van der Waals surface area contributed by atoms with E-state index in [1.807, 2.05) is 12.1 Å². The normalized spacial score (nSPS) is 15.4. The molecule has 1 heterocycles. The van der Waals surface area contributed by atoms with E-state index in [1.54, 1.807) is 6.92 Å². The van der Waals surface area contributed by atoms with Crippen LogP contribution in [0.3, 0.4) is 0 Å². The monoisotopic (exact) mass is 400 g/mol. The standard InChI is InChI=1S/C23H20N4O3/c1-13-3-5-16-14(2)27-22(18(10-24)17(16)7-13)23(11-25,12-26)9-21(30)15-4-6-19(28)20(29)8-15/h4,6,8,13,28-29H,3,5,7,9H2,1-2H3/t13-/m0/s1. The molecule has 0 saturated heterocycles. The number of phenolic OH excluding ortho intramolecular Hbond substituents is 2. The third-order valence-corrected chi connectivity index (χ3v) is 5.68. The molecule has 0 unspecified atom stereocenters. The van der Waals surface area contributed by atoms with Gasteiger partial charge >= 0.3 is 0 Å². The Morgan fingerprint density at radius 2 is 1.90 bits per heavy atom. The quantitative estimate of drug-likeness (QED) is 0.592. The molecule has 7 heteroatoms. The first-order valence-electron chi connectivity index (χ1n) is 9.57. The van der Waals surface area contributed by atoms with Crippen LogP contribution in [0.25, 0.3) is 0 Å². The number of hydrogen-bond donors (Lipinski definition) is 2. The number of carbonyl (C=O) groups is 1. The molecule has 1 aliphatic rings. The summed E-state index contributed by atoms with van der Waals surface area (Å²) in [6, 6.07) is 9.51. The molecule has 2 N–H and O–H groups in total. The van der Waals surface area contributed by atoms with Crippen LogP contribution < -0.4 is 0 Å². The molecule has 2 aromatic rings. The highest BCUT2D eigenvalue weighted by atomic mass is 16.3. The fraction of sp³-hybridized carbons (Fsp3) is 0.348. The maximum absolute atomic E-state index is 12.8. The summed E-state index contributed by atoms with van der Waals surface area (Å²) >= 11 is 0. The minimum absolute atomic E-state index is 0.0108. The average molecular weight is 400 g/mol. The predicted octanol–water partition coefficient (Wildman–Crippen LogP) is 3.36. The molecule has 150 valence electrons. The second kappa shape index (κ2) is 7.85. The van der Waals surface area contributed by atoms with Crippen LogP contribution in [-0.4, -0.2) is 21.0 Å². The molecule has 0 saturated carbocycles. The van der Waals surface area contributed by atoms with E-state index < -0.39 is 23.4 Å². The van der Waals surface area contributed by atoms with Crippen molar-refractivity contribution in [2.75, 3.05) is 0 Å². The van der Waals surface area contributed by atoms with Crippen molar-refractivity contribution >= 4 is 5.78 Å². The van der Waals surface area contributed by atoms with Crippen molar-refractivity contribution in [1.82, 2.24) is 4.98 Å². The third-order valence-electron chi connectivity index (χ3n) is 5.68. The second-order valence-electron chi connectivity index (χ2n) is 7.77. The lowest BCUT2D eigenvalue weighted by molar-refractivity contribution is 0.0969. The zero-order chi connectivity index (χ0) is 22.1. The van der Waals surface area contributed by atoms with Crippen LogP contribution in [0.1, 0.15) is 58.2 Å². The van der Waals surface area contributed by atoms with E-state index in [2.05, 4.69) is 18.0 Å². The van der Waals surface area contributed by atoms with Gasteiger partial charge in [0.05, 0.1) is 23.4 Å². The molecule has 1 aromatic heterocycles. The Kier molecular flexibility index (Phi) is 5.45. The second-order valence-corrected chi connectivity index (χ2v) is 7.77. The molecule has 0 fully saturated rings. The summed E-state index contributed by atoms with van der Waals surface area (Å²) in [5.74, 6) is -1.08. The van der Waals surface area contributed by atoms with E-state index in [9.17, 15) is 30.8 Å². The number of nitriles is 3. The number of fused-ring (bicyclic) bond motifs is 1. The number of carbonyl (C=O) groups excluding carboxylic acids is 1. The van der Waals surface area contributed by atoms with Crippen LogP contribution in [0, 0.1) is 46.8 Å². The van der Waals surface area contributed by atoms with Crippen LogP contribution in [0.15, 0.2) is 18.2 Å². The van der Waals surface area contributed by atoms with Crippen molar-refractivity contribution in [3.8, 4) is 29.7 Å². The molecular formula is C23H20N4O3. The van der Waals surface area contributed by atoms with Crippen molar-refractivity contribution in [2.45, 2.75) is 44.9 Å². The van der Waals surface area contributed by atoms with E-state index in [0.29, 0.717) is 18.0 Å². The molecule has 0 spiro atoms. The van der Waals surface area contributed by atoms with Crippen LogP contribution >= 0.6 is 0 Å². The number of nitrogens with zero attached hydrogens (tertiary/aromatic N) is 4. The molecule has 30 heavy (non-hydrogen) atoms. The summed E-state index contributed by atoms with van der Waals surface area (Å²) in [6.07, 6.45) is 1.88. The average Bonchev–Trinajstić information content (AvgIpc) is 2.73. The van der Waals surface area contributed by atoms with Gasteiger partial charge < -0.3 is 10.2 Å². The number of rotatable bonds is 4. The van der Waals surface area contributed by atoms with E-state index in [-0.39, 0.29) is 22.6 Å². The van der Waals surface area contributed by atoms with Crippen LogP contribution in [0.5, 0.6) is 11.5 Å². The van der Waals surface area contributed by atoms with Crippen LogP contribution in [0.4, 0.5) is 0 Å². The maximum Gasteiger partial charge on any atom is 0.193 e. The van der Waals surface area contributed by atoms with E-state index >= 15 is 0 Å². The summed E-state index contributed by atoms with van der Waals surface area (Å²) in [5.41, 5.74) is 0.757. The van der Waals surface area contributed by atoms with Gasteiger partial charge in [0.1, 0.15) is 6.07 Å². The van der Waals surface area contributed by atoms with Crippen molar-refractivity contribution in [3.05, 3.63) is 51.8 Å². The van der Waals surface area contributed by atoms with Crippen molar-refractivity contribution < 1.29 is 15.0 Å². The molecule has 1 aromatic carbocycles. The molecule has 1 atom stereocenters. The Bertz CT molecular complexity index is 1150.